The minimum Gasteiger partial charge on any atom is -0.496 e. The van der Waals surface area contributed by atoms with E-state index in [0.29, 0.717) is 22.4 Å². The van der Waals surface area contributed by atoms with Crippen molar-refractivity contribution in [1.82, 2.24) is 14.2 Å². The van der Waals surface area contributed by atoms with E-state index in [4.69, 9.17) is 9.72 Å². The Bertz CT molecular complexity index is 1800. The third-order valence-corrected chi connectivity index (χ3v) is 7.07. The Morgan fingerprint density at radius 1 is 1.00 bits per heavy atom. The maximum atomic E-state index is 14.6. The monoisotopic (exact) mass is 522 g/mol. The van der Waals surface area contributed by atoms with Crippen LogP contribution in [0, 0.1) is 26.6 Å². The van der Waals surface area contributed by atoms with Crippen molar-refractivity contribution in [3.8, 4) is 22.8 Å². The molecule has 2 heterocycles. The van der Waals surface area contributed by atoms with Gasteiger partial charge in [-0.15, -0.1) is 0 Å². The largest absolute Gasteiger partial charge is 0.496 e. The molecule has 7 heteroatoms. The van der Waals surface area contributed by atoms with Gasteiger partial charge in [-0.25, -0.2) is 9.37 Å². The van der Waals surface area contributed by atoms with Crippen LogP contribution in [0.5, 0.6) is 5.75 Å². The molecule has 5 aromatic rings. The SMILES string of the molecule is COc1cc(C)c(-c2nc3ccccc3c(=O)n2N=Cc2cc(C)n(-c3ccccc3F)c2C)cc1C(C)C. The molecule has 0 N–H and O–H groups in total. The van der Waals surface area contributed by atoms with Crippen molar-refractivity contribution in [3.63, 3.8) is 0 Å². The Kier molecular flexibility index (Phi) is 6.91. The maximum absolute atomic E-state index is 14.6. The lowest BCUT2D eigenvalue weighted by Gasteiger charge is -2.17. The summed E-state index contributed by atoms with van der Waals surface area (Å²) in [7, 11) is 1.66. The fourth-order valence-corrected chi connectivity index (χ4v) is 5.01. The molecule has 0 aliphatic heterocycles. The number of hydrogen-bond acceptors (Lipinski definition) is 4. The van der Waals surface area contributed by atoms with Crippen molar-refractivity contribution in [3.05, 3.63) is 111 Å². The zero-order valence-electron chi connectivity index (χ0n) is 23.0. The minimum absolute atomic E-state index is 0.201. The zero-order chi connectivity index (χ0) is 27.8. The molecule has 6 nitrogen and oxygen atoms in total. The highest BCUT2D eigenvalue weighted by Gasteiger charge is 2.19. The first kappa shape index (κ1) is 26.1. The highest BCUT2D eigenvalue weighted by atomic mass is 19.1. The van der Waals surface area contributed by atoms with Crippen LogP contribution < -0.4 is 10.3 Å². The quantitative estimate of drug-likeness (QED) is 0.227. The molecule has 0 fully saturated rings. The number of ether oxygens (including phenoxy) is 1. The molecule has 5 rings (SSSR count). The first-order valence-corrected chi connectivity index (χ1v) is 12.9. The van der Waals surface area contributed by atoms with Crippen LogP contribution in [0.15, 0.2) is 76.6 Å². The molecule has 0 unspecified atom stereocenters. The predicted octanol–water partition coefficient (Wildman–Crippen LogP) is 6.93. The Balaban J connectivity index is 1.72. The molecule has 0 aliphatic rings. The molecule has 39 heavy (non-hydrogen) atoms. The van der Waals surface area contributed by atoms with Crippen LogP contribution in [0.25, 0.3) is 28.0 Å². The summed E-state index contributed by atoms with van der Waals surface area (Å²) in [5.74, 6) is 1.13. The van der Waals surface area contributed by atoms with Crippen molar-refractivity contribution in [1.29, 1.82) is 0 Å². The number of aromatic nitrogens is 3. The average Bonchev–Trinajstić information content (AvgIpc) is 3.20. The molecule has 0 amide bonds. The molecular weight excluding hydrogens is 491 g/mol. The van der Waals surface area contributed by atoms with Crippen LogP contribution in [0.4, 0.5) is 4.39 Å². The van der Waals surface area contributed by atoms with Crippen LogP contribution in [-0.4, -0.2) is 27.6 Å². The summed E-state index contributed by atoms with van der Waals surface area (Å²) >= 11 is 0. The van der Waals surface area contributed by atoms with Gasteiger partial charge in [0.25, 0.3) is 5.56 Å². The first-order valence-electron chi connectivity index (χ1n) is 12.9. The van der Waals surface area contributed by atoms with Crippen molar-refractivity contribution < 1.29 is 9.13 Å². The van der Waals surface area contributed by atoms with Crippen molar-refractivity contribution in [2.75, 3.05) is 7.11 Å². The van der Waals surface area contributed by atoms with E-state index in [1.165, 1.54) is 10.7 Å². The van der Waals surface area contributed by atoms with Gasteiger partial charge in [-0.1, -0.05) is 38.1 Å². The van der Waals surface area contributed by atoms with Gasteiger partial charge in [0, 0.05) is 22.5 Å². The van der Waals surface area contributed by atoms with E-state index in [1.54, 1.807) is 37.6 Å². The molecule has 0 aliphatic carbocycles. The summed E-state index contributed by atoms with van der Waals surface area (Å²) in [6, 6.07) is 19.9. The van der Waals surface area contributed by atoms with E-state index in [2.05, 4.69) is 18.9 Å². The molecular formula is C32H31FN4O2. The van der Waals surface area contributed by atoms with Crippen LogP contribution in [0.2, 0.25) is 0 Å². The van der Waals surface area contributed by atoms with Gasteiger partial charge in [0.1, 0.15) is 11.6 Å². The number of rotatable bonds is 6. The summed E-state index contributed by atoms with van der Waals surface area (Å²) < 4.78 is 23.4. The topological polar surface area (TPSA) is 61.4 Å². The zero-order valence-corrected chi connectivity index (χ0v) is 23.0. The van der Waals surface area contributed by atoms with Gasteiger partial charge in [0.15, 0.2) is 5.82 Å². The highest BCUT2D eigenvalue weighted by Crippen LogP contribution is 2.34. The van der Waals surface area contributed by atoms with Gasteiger partial charge in [-0.3, -0.25) is 4.79 Å². The number of methoxy groups -OCH3 is 1. The summed E-state index contributed by atoms with van der Waals surface area (Å²) in [4.78, 5) is 18.6. The normalized spacial score (nSPS) is 11.7. The second-order valence-electron chi connectivity index (χ2n) is 9.99. The van der Waals surface area contributed by atoms with Crippen LogP contribution >= 0.6 is 0 Å². The number of para-hydroxylation sites is 2. The molecule has 0 atom stereocenters. The van der Waals surface area contributed by atoms with E-state index in [9.17, 15) is 9.18 Å². The smallest absolute Gasteiger partial charge is 0.282 e. The number of nitrogens with zero attached hydrogens (tertiary/aromatic N) is 4. The van der Waals surface area contributed by atoms with E-state index < -0.39 is 0 Å². The van der Waals surface area contributed by atoms with Gasteiger partial charge in [0.2, 0.25) is 0 Å². The summed E-state index contributed by atoms with van der Waals surface area (Å²) in [5, 5.41) is 5.15. The molecule has 2 aromatic heterocycles. The molecule has 0 spiro atoms. The lowest BCUT2D eigenvalue weighted by molar-refractivity contribution is 0.407. The second-order valence-corrected chi connectivity index (χ2v) is 9.99. The van der Waals surface area contributed by atoms with Crippen LogP contribution in [0.3, 0.4) is 0 Å². The third-order valence-electron chi connectivity index (χ3n) is 7.07. The van der Waals surface area contributed by atoms with E-state index >= 15 is 0 Å². The number of fused-ring (bicyclic) bond motifs is 1. The summed E-state index contributed by atoms with van der Waals surface area (Å²) in [5.41, 5.74) is 5.98. The molecule has 0 radical (unpaired) electrons. The van der Waals surface area contributed by atoms with Gasteiger partial charge < -0.3 is 9.30 Å². The fourth-order valence-electron chi connectivity index (χ4n) is 5.01. The first-order chi connectivity index (χ1) is 18.7. The lowest BCUT2D eigenvalue weighted by atomic mass is 9.96. The summed E-state index contributed by atoms with van der Waals surface area (Å²) in [6.45, 7) is 9.99. The standard InChI is InChI=1S/C32H31FN4O2/c1-19(2)25-17-26(20(3)15-30(25)39-6)31-35-28-13-9-7-11-24(28)32(38)37(31)34-18-23-16-21(4)36(22(23)5)29-14-10-8-12-27(29)33/h7-19H,1-6H3. The second kappa shape index (κ2) is 10.3. The molecule has 198 valence electrons. The Morgan fingerprint density at radius 2 is 1.72 bits per heavy atom. The van der Waals surface area contributed by atoms with Gasteiger partial charge >= 0.3 is 0 Å². The Labute approximate surface area is 227 Å². The number of hydrogen-bond donors (Lipinski definition) is 0. The fraction of sp³-hybridized carbons (Fsp3) is 0.219. The Hall–Kier alpha value is -4.52. The molecule has 0 saturated carbocycles. The van der Waals surface area contributed by atoms with E-state index in [-0.39, 0.29) is 17.3 Å². The third kappa shape index (κ3) is 4.65. The van der Waals surface area contributed by atoms with Crippen molar-refractivity contribution >= 4 is 17.1 Å². The van der Waals surface area contributed by atoms with E-state index in [0.717, 1.165) is 39.4 Å². The predicted molar refractivity (Wildman–Crippen MR) is 155 cm³/mol. The molecule has 0 saturated heterocycles. The molecule has 3 aromatic carbocycles. The number of aryl methyl sites for hydroxylation is 2. The number of benzene rings is 3. The highest BCUT2D eigenvalue weighted by molar-refractivity contribution is 5.84. The minimum atomic E-state index is -0.309. The summed E-state index contributed by atoms with van der Waals surface area (Å²) in [6.07, 6.45) is 1.64. The average molecular weight is 523 g/mol. The van der Waals surface area contributed by atoms with Gasteiger partial charge in [-0.05, 0) is 80.3 Å². The van der Waals surface area contributed by atoms with E-state index in [1.807, 2.05) is 61.7 Å². The molecule has 0 bridgehead atoms. The number of halogens is 1. The van der Waals surface area contributed by atoms with Crippen LogP contribution in [-0.2, 0) is 0 Å². The van der Waals surface area contributed by atoms with Crippen molar-refractivity contribution in [2.24, 2.45) is 5.10 Å². The maximum Gasteiger partial charge on any atom is 0.282 e. The van der Waals surface area contributed by atoms with Crippen molar-refractivity contribution in [2.45, 2.75) is 40.5 Å². The van der Waals surface area contributed by atoms with Gasteiger partial charge in [0.05, 0.1) is 29.9 Å². The lowest BCUT2D eigenvalue weighted by Crippen LogP contribution is -2.21. The van der Waals surface area contributed by atoms with Crippen LogP contribution in [0.1, 0.15) is 47.8 Å². The van der Waals surface area contributed by atoms with Gasteiger partial charge in [-0.2, -0.15) is 9.78 Å². The Morgan fingerprint density at radius 3 is 2.44 bits per heavy atom.